The molecule has 0 aliphatic heterocycles. The lowest BCUT2D eigenvalue weighted by Crippen LogP contribution is -2.38. The van der Waals surface area contributed by atoms with Crippen molar-refractivity contribution < 1.29 is 8.78 Å². The van der Waals surface area contributed by atoms with Crippen LogP contribution in [0, 0.1) is 0 Å². The van der Waals surface area contributed by atoms with E-state index in [0.29, 0.717) is 24.9 Å². The number of hydrogen-bond acceptors (Lipinski definition) is 1. The molecule has 13 heavy (non-hydrogen) atoms. The summed E-state index contributed by atoms with van der Waals surface area (Å²) in [5.74, 6) is -2.37. The van der Waals surface area contributed by atoms with Crippen molar-refractivity contribution >= 4 is 12.4 Å². The van der Waals surface area contributed by atoms with Crippen LogP contribution in [0.4, 0.5) is 8.78 Å². The van der Waals surface area contributed by atoms with Crippen molar-refractivity contribution in [3.8, 4) is 0 Å². The van der Waals surface area contributed by atoms with Gasteiger partial charge in [0.05, 0.1) is 0 Å². The van der Waals surface area contributed by atoms with Crippen molar-refractivity contribution in [3.63, 3.8) is 0 Å². The monoisotopic (exact) mass is 211 g/mol. The van der Waals surface area contributed by atoms with Crippen molar-refractivity contribution in [1.29, 1.82) is 0 Å². The maximum Gasteiger partial charge on any atom is 0.248 e. The lowest BCUT2D eigenvalue weighted by Gasteiger charge is -2.28. The van der Waals surface area contributed by atoms with Gasteiger partial charge in [0, 0.05) is 24.9 Å². The molecule has 2 rings (SSSR count). The van der Waals surface area contributed by atoms with Crippen LogP contribution >= 0.6 is 12.4 Å². The molecule has 0 bridgehead atoms. The number of halogens is 3. The minimum Gasteiger partial charge on any atom is -0.311 e. The third kappa shape index (κ3) is 3.39. The summed E-state index contributed by atoms with van der Waals surface area (Å²) < 4.78 is 25.4. The normalized spacial score (nSPS) is 28.2. The third-order valence-corrected chi connectivity index (χ3v) is 2.77. The molecular formula is C9H16ClF2N. The lowest BCUT2D eigenvalue weighted by molar-refractivity contribution is -0.0405. The fraction of sp³-hybridized carbons (Fsp3) is 1.00. The fourth-order valence-electron chi connectivity index (χ4n) is 1.79. The lowest BCUT2D eigenvalue weighted by atomic mass is 9.92. The van der Waals surface area contributed by atoms with Gasteiger partial charge in [-0.1, -0.05) is 0 Å². The largest absolute Gasteiger partial charge is 0.311 e. The second kappa shape index (κ2) is 4.09. The Morgan fingerprint density at radius 3 is 1.85 bits per heavy atom. The van der Waals surface area contributed by atoms with E-state index in [1.54, 1.807) is 0 Å². The summed E-state index contributed by atoms with van der Waals surface area (Å²) in [4.78, 5) is 0. The van der Waals surface area contributed by atoms with Crippen LogP contribution in [0.5, 0.6) is 0 Å². The number of rotatable bonds is 2. The predicted molar refractivity (Wildman–Crippen MR) is 50.6 cm³/mol. The SMILES string of the molecule is Cl.FC1(F)CCC(NC2CC2)CC1. The highest BCUT2D eigenvalue weighted by Gasteiger charge is 2.36. The van der Waals surface area contributed by atoms with E-state index in [2.05, 4.69) is 5.32 Å². The summed E-state index contributed by atoms with van der Waals surface area (Å²) in [6, 6.07) is 1.03. The highest BCUT2D eigenvalue weighted by atomic mass is 35.5. The zero-order valence-corrected chi connectivity index (χ0v) is 8.38. The Balaban J connectivity index is 0.000000845. The highest BCUT2D eigenvalue weighted by Crippen LogP contribution is 2.34. The molecule has 2 aliphatic rings. The summed E-state index contributed by atoms with van der Waals surface area (Å²) >= 11 is 0. The molecule has 2 aliphatic carbocycles. The van der Waals surface area contributed by atoms with E-state index in [1.807, 2.05) is 0 Å². The summed E-state index contributed by atoms with van der Waals surface area (Å²) in [5, 5.41) is 3.40. The molecule has 0 radical (unpaired) electrons. The molecule has 0 spiro atoms. The number of hydrogen-bond donors (Lipinski definition) is 1. The average molecular weight is 212 g/mol. The molecule has 0 amide bonds. The van der Waals surface area contributed by atoms with Gasteiger partial charge in [0.2, 0.25) is 5.92 Å². The van der Waals surface area contributed by atoms with Crippen LogP contribution in [0.3, 0.4) is 0 Å². The molecular weight excluding hydrogens is 196 g/mol. The van der Waals surface area contributed by atoms with E-state index in [9.17, 15) is 8.78 Å². The summed E-state index contributed by atoms with van der Waals surface area (Å²) in [7, 11) is 0. The molecule has 1 nitrogen and oxygen atoms in total. The maximum atomic E-state index is 12.7. The van der Waals surface area contributed by atoms with E-state index in [1.165, 1.54) is 12.8 Å². The zero-order valence-electron chi connectivity index (χ0n) is 7.56. The topological polar surface area (TPSA) is 12.0 Å². The highest BCUT2D eigenvalue weighted by molar-refractivity contribution is 5.85. The van der Waals surface area contributed by atoms with Gasteiger partial charge in [-0.15, -0.1) is 12.4 Å². The quantitative estimate of drug-likeness (QED) is 0.741. The van der Waals surface area contributed by atoms with Crippen molar-refractivity contribution in [1.82, 2.24) is 5.32 Å². The van der Waals surface area contributed by atoms with E-state index in [0.717, 1.165) is 0 Å². The van der Waals surface area contributed by atoms with Crippen molar-refractivity contribution in [2.45, 2.75) is 56.5 Å². The van der Waals surface area contributed by atoms with Crippen LogP contribution in [-0.2, 0) is 0 Å². The smallest absolute Gasteiger partial charge is 0.248 e. The first-order valence-electron chi connectivity index (χ1n) is 4.80. The third-order valence-electron chi connectivity index (χ3n) is 2.77. The Kier molecular flexibility index (Phi) is 3.52. The summed E-state index contributed by atoms with van der Waals surface area (Å²) in [5.41, 5.74) is 0. The van der Waals surface area contributed by atoms with Gasteiger partial charge in [-0.3, -0.25) is 0 Å². The zero-order chi connectivity index (χ0) is 8.60. The molecule has 2 fully saturated rings. The minimum absolute atomic E-state index is 0. The van der Waals surface area contributed by atoms with Crippen molar-refractivity contribution in [2.75, 3.05) is 0 Å². The molecule has 0 aromatic rings. The van der Waals surface area contributed by atoms with Crippen LogP contribution in [0.25, 0.3) is 0 Å². The van der Waals surface area contributed by atoms with Crippen LogP contribution in [-0.4, -0.2) is 18.0 Å². The Labute approximate surface area is 83.7 Å². The summed E-state index contributed by atoms with van der Waals surface area (Å²) in [6.07, 6.45) is 3.96. The van der Waals surface area contributed by atoms with E-state index in [-0.39, 0.29) is 25.2 Å². The first-order valence-corrected chi connectivity index (χ1v) is 4.80. The molecule has 0 atom stereocenters. The molecule has 1 N–H and O–H groups in total. The molecule has 0 saturated heterocycles. The minimum atomic E-state index is -2.37. The van der Waals surface area contributed by atoms with Crippen LogP contribution in [0.2, 0.25) is 0 Å². The Morgan fingerprint density at radius 1 is 0.923 bits per heavy atom. The Morgan fingerprint density at radius 2 is 1.38 bits per heavy atom. The van der Waals surface area contributed by atoms with Gasteiger partial charge < -0.3 is 5.32 Å². The van der Waals surface area contributed by atoms with Crippen LogP contribution in [0.15, 0.2) is 0 Å². The fourth-order valence-corrected chi connectivity index (χ4v) is 1.79. The molecule has 0 heterocycles. The van der Waals surface area contributed by atoms with E-state index < -0.39 is 5.92 Å². The van der Waals surface area contributed by atoms with Crippen molar-refractivity contribution in [3.05, 3.63) is 0 Å². The van der Waals surface area contributed by atoms with Gasteiger partial charge in [0.1, 0.15) is 0 Å². The standard InChI is InChI=1S/C9H15F2N.ClH/c10-9(11)5-3-8(4-6-9)12-7-1-2-7;/h7-8,12H,1-6H2;1H. The number of alkyl halides is 2. The first kappa shape index (κ1) is 11.2. The van der Waals surface area contributed by atoms with Gasteiger partial charge in [-0.2, -0.15) is 0 Å². The molecule has 78 valence electrons. The van der Waals surface area contributed by atoms with E-state index >= 15 is 0 Å². The molecule has 2 saturated carbocycles. The second-order valence-corrected chi connectivity index (χ2v) is 4.07. The van der Waals surface area contributed by atoms with Gasteiger partial charge >= 0.3 is 0 Å². The van der Waals surface area contributed by atoms with Gasteiger partial charge in [0.25, 0.3) is 0 Å². The Bertz CT molecular complexity index is 161. The Hall–Kier alpha value is 0.110. The van der Waals surface area contributed by atoms with Crippen molar-refractivity contribution in [2.24, 2.45) is 0 Å². The maximum absolute atomic E-state index is 12.7. The molecule has 4 heteroatoms. The second-order valence-electron chi connectivity index (χ2n) is 4.07. The van der Waals surface area contributed by atoms with Crippen LogP contribution < -0.4 is 5.32 Å². The molecule has 0 aromatic heterocycles. The van der Waals surface area contributed by atoms with Crippen LogP contribution in [0.1, 0.15) is 38.5 Å². The van der Waals surface area contributed by atoms with Gasteiger partial charge in [-0.25, -0.2) is 8.78 Å². The van der Waals surface area contributed by atoms with Gasteiger partial charge in [-0.05, 0) is 25.7 Å². The molecule has 0 unspecified atom stereocenters. The molecule has 0 aromatic carbocycles. The number of nitrogens with one attached hydrogen (secondary N) is 1. The predicted octanol–water partition coefficient (Wildman–Crippen LogP) is 2.74. The summed E-state index contributed by atoms with van der Waals surface area (Å²) in [6.45, 7) is 0. The van der Waals surface area contributed by atoms with E-state index in [4.69, 9.17) is 0 Å². The van der Waals surface area contributed by atoms with Gasteiger partial charge in [0.15, 0.2) is 0 Å². The average Bonchev–Trinajstić information content (AvgIpc) is 2.77. The first-order chi connectivity index (χ1) is 5.66.